The van der Waals surface area contributed by atoms with Crippen LogP contribution in [0.4, 0.5) is 11.5 Å². The number of nitrogens with zero attached hydrogens (tertiary/aromatic N) is 1. The molecule has 0 radical (unpaired) electrons. The Morgan fingerprint density at radius 3 is 2.88 bits per heavy atom. The normalized spacial score (nSPS) is 22.2. The quantitative estimate of drug-likeness (QED) is 0.856. The van der Waals surface area contributed by atoms with Gasteiger partial charge in [0.2, 0.25) is 0 Å². The average Bonchev–Trinajstić information content (AvgIpc) is 2.51. The van der Waals surface area contributed by atoms with Gasteiger partial charge in [0.15, 0.2) is 9.84 Å². The molecule has 0 bridgehead atoms. The zero-order valence-corrected chi connectivity index (χ0v) is 10.6. The van der Waals surface area contributed by atoms with Crippen LogP contribution in [0.3, 0.4) is 0 Å². The van der Waals surface area contributed by atoms with E-state index in [4.69, 9.17) is 5.73 Å². The number of halogens is 1. The van der Waals surface area contributed by atoms with E-state index in [9.17, 15) is 8.42 Å². The van der Waals surface area contributed by atoms with Crippen molar-refractivity contribution < 1.29 is 8.42 Å². The maximum Gasteiger partial charge on any atom is 0.173 e. The van der Waals surface area contributed by atoms with Gasteiger partial charge in [0, 0.05) is 5.41 Å². The van der Waals surface area contributed by atoms with E-state index in [1.165, 1.54) is 11.6 Å². The van der Waals surface area contributed by atoms with Crippen LogP contribution in [0.15, 0.2) is 28.2 Å². The molecular formula is C9H10BrN3O2S. The summed E-state index contributed by atoms with van der Waals surface area (Å²) in [6.07, 6.45) is 3.13. The molecule has 86 valence electrons. The van der Waals surface area contributed by atoms with Gasteiger partial charge in [0.25, 0.3) is 0 Å². The third kappa shape index (κ3) is 2.53. The first-order chi connectivity index (χ1) is 7.46. The molecule has 7 heteroatoms. The summed E-state index contributed by atoms with van der Waals surface area (Å²) in [6, 6.07) is 1.47. The summed E-state index contributed by atoms with van der Waals surface area (Å²) < 4.78 is 23.1. The van der Waals surface area contributed by atoms with E-state index in [0.717, 1.165) is 0 Å². The average molecular weight is 304 g/mol. The van der Waals surface area contributed by atoms with Crippen molar-refractivity contribution in [1.82, 2.24) is 4.98 Å². The third-order valence-corrected chi connectivity index (χ3v) is 4.11. The van der Waals surface area contributed by atoms with Gasteiger partial charge in [-0.05, 0) is 28.1 Å². The lowest BCUT2D eigenvalue weighted by atomic mass is 10.3. The van der Waals surface area contributed by atoms with E-state index in [1.54, 1.807) is 12.1 Å². The molecule has 2 heterocycles. The summed E-state index contributed by atoms with van der Waals surface area (Å²) in [5.74, 6) is 0.645. The molecule has 3 N–H and O–H groups in total. The van der Waals surface area contributed by atoms with Gasteiger partial charge >= 0.3 is 0 Å². The van der Waals surface area contributed by atoms with Gasteiger partial charge in [-0.2, -0.15) is 0 Å². The van der Waals surface area contributed by atoms with Crippen molar-refractivity contribution in [2.24, 2.45) is 0 Å². The minimum atomic E-state index is -3.05. The van der Waals surface area contributed by atoms with Crippen molar-refractivity contribution in [2.75, 3.05) is 16.8 Å². The Labute approximate surface area is 102 Å². The second kappa shape index (κ2) is 4.06. The van der Waals surface area contributed by atoms with Crippen LogP contribution in [0.2, 0.25) is 0 Å². The first-order valence-corrected chi connectivity index (χ1v) is 7.06. The number of hydrogen-bond acceptors (Lipinski definition) is 5. The second-order valence-corrected chi connectivity index (χ2v) is 6.29. The number of aromatic nitrogens is 1. The number of rotatable bonds is 2. The van der Waals surface area contributed by atoms with Gasteiger partial charge in [-0.3, -0.25) is 0 Å². The van der Waals surface area contributed by atoms with E-state index >= 15 is 0 Å². The predicted octanol–water partition coefficient (Wildman–Crippen LogP) is 1.15. The number of hydrogen-bond donors (Lipinski definition) is 2. The highest BCUT2D eigenvalue weighted by Gasteiger charge is 2.22. The number of anilines is 2. The van der Waals surface area contributed by atoms with Gasteiger partial charge in [-0.25, -0.2) is 13.4 Å². The molecule has 0 saturated carbocycles. The molecule has 1 aliphatic rings. The number of pyridine rings is 1. The minimum absolute atomic E-state index is 0.0610. The number of nitrogens with one attached hydrogen (secondary N) is 1. The SMILES string of the molecule is Nc1cnc(NC2C=CS(=O)(=O)C2)c(Br)c1. The van der Waals surface area contributed by atoms with Crippen molar-refractivity contribution in [2.45, 2.75) is 6.04 Å². The van der Waals surface area contributed by atoms with Crippen LogP contribution in [0.5, 0.6) is 0 Å². The summed E-state index contributed by atoms with van der Waals surface area (Å²) >= 11 is 3.30. The highest BCUT2D eigenvalue weighted by Crippen LogP contribution is 2.23. The standard InChI is InChI=1S/C9H10BrN3O2S/c10-8-3-6(11)4-12-9(8)13-7-1-2-16(14,15)5-7/h1-4,7H,5,11H2,(H,12,13). The summed E-state index contributed by atoms with van der Waals surface area (Å²) in [6.45, 7) is 0. The first-order valence-electron chi connectivity index (χ1n) is 4.55. The van der Waals surface area contributed by atoms with E-state index < -0.39 is 9.84 Å². The topological polar surface area (TPSA) is 85.1 Å². The largest absolute Gasteiger partial charge is 0.397 e. The van der Waals surface area contributed by atoms with E-state index in [2.05, 4.69) is 26.2 Å². The lowest BCUT2D eigenvalue weighted by molar-refractivity contribution is 0.605. The monoisotopic (exact) mass is 303 g/mol. The molecule has 0 aliphatic carbocycles. The maximum atomic E-state index is 11.2. The van der Waals surface area contributed by atoms with Gasteiger partial charge in [-0.1, -0.05) is 0 Å². The molecule has 2 rings (SSSR count). The highest BCUT2D eigenvalue weighted by molar-refractivity contribution is 9.10. The van der Waals surface area contributed by atoms with Gasteiger partial charge in [0.05, 0.1) is 28.2 Å². The Bertz CT molecular complexity index is 542. The Hall–Kier alpha value is -1.08. The number of sulfone groups is 1. The molecule has 1 aromatic heterocycles. The summed E-state index contributed by atoms with van der Waals surface area (Å²) in [5.41, 5.74) is 6.10. The van der Waals surface area contributed by atoms with E-state index in [1.807, 2.05) is 0 Å². The molecule has 16 heavy (non-hydrogen) atoms. The van der Waals surface area contributed by atoms with Crippen LogP contribution >= 0.6 is 15.9 Å². The van der Waals surface area contributed by atoms with E-state index in [-0.39, 0.29) is 11.8 Å². The van der Waals surface area contributed by atoms with Crippen LogP contribution in [0.1, 0.15) is 0 Å². The molecule has 0 spiro atoms. The molecule has 1 atom stereocenters. The van der Waals surface area contributed by atoms with E-state index in [0.29, 0.717) is 16.0 Å². The molecule has 0 aromatic carbocycles. The van der Waals surface area contributed by atoms with Gasteiger partial charge in [0.1, 0.15) is 5.82 Å². The fourth-order valence-corrected chi connectivity index (χ4v) is 3.12. The zero-order valence-electron chi connectivity index (χ0n) is 8.22. The fraction of sp³-hybridized carbons (Fsp3) is 0.222. The zero-order chi connectivity index (χ0) is 11.8. The molecular weight excluding hydrogens is 294 g/mol. The van der Waals surface area contributed by atoms with Crippen molar-refractivity contribution >= 4 is 37.3 Å². The molecule has 1 aliphatic heterocycles. The Balaban J connectivity index is 2.14. The Morgan fingerprint density at radius 1 is 1.56 bits per heavy atom. The molecule has 0 fully saturated rings. The van der Waals surface area contributed by atoms with Crippen molar-refractivity contribution in [3.63, 3.8) is 0 Å². The molecule has 0 saturated heterocycles. The molecule has 1 unspecified atom stereocenters. The number of nitrogen functional groups attached to an aromatic ring is 1. The Morgan fingerprint density at radius 2 is 2.31 bits per heavy atom. The highest BCUT2D eigenvalue weighted by atomic mass is 79.9. The smallest absolute Gasteiger partial charge is 0.173 e. The van der Waals surface area contributed by atoms with Crippen LogP contribution in [0, 0.1) is 0 Å². The third-order valence-electron chi connectivity index (χ3n) is 2.11. The van der Waals surface area contributed by atoms with Gasteiger partial charge in [-0.15, -0.1) is 0 Å². The van der Waals surface area contributed by atoms with Gasteiger partial charge < -0.3 is 11.1 Å². The van der Waals surface area contributed by atoms with Crippen molar-refractivity contribution in [3.8, 4) is 0 Å². The Kier molecular flexibility index (Phi) is 2.90. The summed E-state index contributed by atoms with van der Waals surface area (Å²) in [4.78, 5) is 4.08. The minimum Gasteiger partial charge on any atom is -0.397 e. The van der Waals surface area contributed by atoms with Crippen LogP contribution in [-0.2, 0) is 9.84 Å². The van der Waals surface area contributed by atoms with Crippen molar-refractivity contribution in [3.05, 3.63) is 28.2 Å². The maximum absolute atomic E-state index is 11.2. The molecule has 1 aromatic rings. The summed E-state index contributed by atoms with van der Waals surface area (Å²) in [5, 5.41) is 4.23. The molecule has 5 nitrogen and oxygen atoms in total. The first kappa shape index (κ1) is 11.4. The van der Waals surface area contributed by atoms with Crippen LogP contribution in [0.25, 0.3) is 0 Å². The second-order valence-electron chi connectivity index (χ2n) is 3.51. The number of nitrogens with two attached hydrogens (primary N) is 1. The molecule has 0 amide bonds. The summed E-state index contributed by atoms with van der Waals surface area (Å²) in [7, 11) is -3.05. The fourth-order valence-electron chi connectivity index (χ4n) is 1.40. The lowest BCUT2D eigenvalue weighted by Gasteiger charge is -2.12. The van der Waals surface area contributed by atoms with Crippen LogP contribution in [-0.4, -0.2) is 25.2 Å². The van der Waals surface area contributed by atoms with Crippen molar-refractivity contribution in [1.29, 1.82) is 0 Å². The lowest BCUT2D eigenvalue weighted by Crippen LogP contribution is -2.21. The van der Waals surface area contributed by atoms with Crippen LogP contribution < -0.4 is 11.1 Å². The predicted molar refractivity (Wildman–Crippen MR) is 66.7 cm³/mol.